The van der Waals surface area contributed by atoms with Gasteiger partial charge in [-0.1, -0.05) is 42.0 Å². The van der Waals surface area contributed by atoms with Crippen LogP contribution < -0.4 is 4.90 Å². The van der Waals surface area contributed by atoms with Crippen LogP contribution in [0.4, 0.5) is 5.69 Å². The van der Waals surface area contributed by atoms with E-state index in [0.717, 1.165) is 10.5 Å². The molecule has 1 heterocycles. The number of aromatic hydroxyl groups is 1. The maximum Gasteiger partial charge on any atom is 0.335 e. The fourth-order valence-electron chi connectivity index (χ4n) is 6.93. The number of hydrogen-bond acceptors (Lipinski definition) is 6. The number of amides is 2. The zero-order valence-corrected chi connectivity index (χ0v) is 22.3. The Kier molecular flexibility index (Phi) is 6.21. The number of para-hydroxylation sites is 1. The van der Waals surface area contributed by atoms with Crippen LogP contribution in [0.2, 0.25) is 0 Å². The van der Waals surface area contributed by atoms with Crippen LogP contribution in [0.5, 0.6) is 5.75 Å². The third-order valence-corrected chi connectivity index (χ3v) is 8.74. The second-order valence-corrected chi connectivity index (χ2v) is 10.9. The first kappa shape index (κ1) is 26.4. The molecule has 1 fully saturated rings. The number of hydrogen-bond donors (Lipinski definition) is 2. The van der Waals surface area contributed by atoms with Gasteiger partial charge in [0.2, 0.25) is 11.8 Å². The second kappa shape index (κ2) is 9.66. The Morgan fingerprint density at radius 1 is 1.07 bits per heavy atom. The van der Waals surface area contributed by atoms with Gasteiger partial charge in [-0.15, -0.1) is 6.58 Å². The summed E-state index contributed by atoms with van der Waals surface area (Å²) in [6, 6.07) is 11.0. The molecule has 0 aromatic heterocycles. The van der Waals surface area contributed by atoms with Gasteiger partial charge in [-0.2, -0.15) is 0 Å². The Bertz CT molecular complexity index is 1690. The number of rotatable bonds is 5. The molecule has 1 saturated heterocycles. The Labute approximate surface area is 236 Å². The molecule has 8 nitrogen and oxygen atoms in total. The quantitative estimate of drug-likeness (QED) is 0.320. The fourth-order valence-corrected chi connectivity index (χ4v) is 6.93. The SMILES string of the molecule is C=CCc1cccc(C2C3=CCC4C(=O)N(c5cccc(C(=O)O)c5)C(=O)C4C3CC3=C2C(=O)C=C(C)C3=O)c1O. The van der Waals surface area contributed by atoms with Crippen LogP contribution in [0.25, 0.3) is 0 Å². The lowest BCUT2D eigenvalue weighted by Crippen LogP contribution is -2.39. The van der Waals surface area contributed by atoms with Gasteiger partial charge in [0.15, 0.2) is 11.6 Å². The normalized spacial score (nSPS) is 25.3. The summed E-state index contributed by atoms with van der Waals surface area (Å²) in [4.78, 5) is 67.1. The molecule has 0 bridgehead atoms. The van der Waals surface area contributed by atoms with Crippen LogP contribution in [0, 0.1) is 17.8 Å². The van der Waals surface area contributed by atoms with Gasteiger partial charge in [-0.05, 0) is 61.9 Å². The first-order valence-corrected chi connectivity index (χ1v) is 13.5. The Hall–Kier alpha value is -4.85. The fraction of sp³-hybridized carbons (Fsp3) is 0.242. The number of phenols is 1. The van der Waals surface area contributed by atoms with Gasteiger partial charge >= 0.3 is 5.97 Å². The maximum absolute atomic E-state index is 14.0. The van der Waals surface area contributed by atoms with Crippen molar-refractivity contribution in [2.45, 2.75) is 32.1 Å². The molecule has 2 amide bonds. The minimum absolute atomic E-state index is 0.000356. The number of anilines is 1. The van der Waals surface area contributed by atoms with E-state index in [0.29, 0.717) is 34.3 Å². The summed E-state index contributed by atoms with van der Waals surface area (Å²) in [5, 5.41) is 20.8. The van der Waals surface area contributed by atoms with Crippen molar-refractivity contribution in [2.24, 2.45) is 17.8 Å². The van der Waals surface area contributed by atoms with Gasteiger partial charge in [0.05, 0.1) is 23.1 Å². The number of benzene rings is 2. The smallest absolute Gasteiger partial charge is 0.335 e. The summed E-state index contributed by atoms with van der Waals surface area (Å²) < 4.78 is 0. The van der Waals surface area contributed by atoms with Crippen LogP contribution in [0.15, 0.2) is 89.6 Å². The monoisotopic (exact) mass is 549 g/mol. The number of carboxylic acids is 1. The van der Waals surface area contributed by atoms with Crippen molar-refractivity contribution in [3.8, 4) is 5.75 Å². The highest BCUT2D eigenvalue weighted by atomic mass is 16.4. The van der Waals surface area contributed by atoms with Crippen LogP contribution >= 0.6 is 0 Å². The predicted octanol–water partition coefficient (Wildman–Crippen LogP) is 4.45. The number of aromatic carboxylic acids is 1. The molecule has 4 atom stereocenters. The molecule has 3 aliphatic carbocycles. The average Bonchev–Trinajstić information content (AvgIpc) is 3.21. The lowest BCUT2D eigenvalue weighted by atomic mass is 9.59. The molecular formula is C33H27NO7. The number of carbonyl (C=O) groups excluding carboxylic acids is 4. The van der Waals surface area contributed by atoms with Crippen molar-refractivity contribution in [3.63, 3.8) is 0 Å². The molecule has 1 aliphatic heterocycles. The van der Waals surface area contributed by atoms with Crippen molar-refractivity contribution in [1.29, 1.82) is 0 Å². The van der Waals surface area contributed by atoms with Crippen molar-refractivity contribution >= 4 is 35.0 Å². The van der Waals surface area contributed by atoms with E-state index in [-0.39, 0.29) is 41.4 Å². The Balaban J connectivity index is 1.49. The predicted molar refractivity (Wildman–Crippen MR) is 149 cm³/mol. The van der Waals surface area contributed by atoms with Gasteiger partial charge in [0.25, 0.3) is 0 Å². The third-order valence-electron chi connectivity index (χ3n) is 8.74. The van der Waals surface area contributed by atoms with E-state index in [1.54, 1.807) is 31.2 Å². The molecule has 206 valence electrons. The lowest BCUT2D eigenvalue weighted by Gasteiger charge is -2.42. The summed E-state index contributed by atoms with van der Waals surface area (Å²) in [7, 11) is 0. The summed E-state index contributed by atoms with van der Waals surface area (Å²) >= 11 is 0. The van der Waals surface area contributed by atoms with E-state index < -0.39 is 41.5 Å². The van der Waals surface area contributed by atoms with E-state index in [2.05, 4.69) is 6.58 Å². The molecule has 8 heteroatoms. The van der Waals surface area contributed by atoms with Crippen LogP contribution in [0.1, 0.15) is 47.2 Å². The zero-order chi connectivity index (χ0) is 29.2. The van der Waals surface area contributed by atoms with Gasteiger partial charge in [0, 0.05) is 28.2 Å². The molecule has 6 rings (SSSR count). The average molecular weight is 550 g/mol. The highest BCUT2D eigenvalue weighted by Gasteiger charge is 2.56. The van der Waals surface area contributed by atoms with Gasteiger partial charge in [0.1, 0.15) is 5.75 Å². The summed E-state index contributed by atoms with van der Waals surface area (Å²) in [6.07, 6.45) is 5.62. The molecule has 0 saturated carbocycles. The molecule has 41 heavy (non-hydrogen) atoms. The standard InChI is InChI=1S/C33H27NO7/c1-3-6-17-7-5-10-21(30(17)37)26-20-11-12-22-27(23(20)15-24-28(26)25(35)13-16(2)29(24)36)32(39)34(31(22)38)19-9-4-8-18(14-19)33(40)41/h3-5,7-11,13-14,22-23,26-27,37H,1,6,12,15H2,2H3,(H,40,41). The highest BCUT2D eigenvalue weighted by Crippen LogP contribution is 2.56. The molecule has 2 aromatic carbocycles. The number of phenolic OH excluding ortho intramolecular Hbond substituents is 1. The van der Waals surface area contributed by atoms with Gasteiger partial charge < -0.3 is 10.2 Å². The van der Waals surface area contributed by atoms with Gasteiger partial charge in [-0.3, -0.25) is 24.1 Å². The molecule has 4 aliphatic rings. The first-order valence-electron chi connectivity index (χ1n) is 13.5. The van der Waals surface area contributed by atoms with Crippen molar-refractivity contribution in [3.05, 3.63) is 106 Å². The largest absolute Gasteiger partial charge is 0.507 e. The van der Waals surface area contributed by atoms with E-state index in [4.69, 9.17) is 0 Å². The van der Waals surface area contributed by atoms with Crippen LogP contribution in [-0.2, 0) is 25.6 Å². The van der Waals surface area contributed by atoms with E-state index >= 15 is 0 Å². The second-order valence-electron chi connectivity index (χ2n) is 10.9. The number of nitrogens with zero attached hydrogens (tertiary/aromatic N) is 1. The third kappa shape index (κ3) is 3.93. The molecular weight excluding hydrogens is 522 g/mol. The number of fused-ring (bicyclic) bond motifs is 3. The molecule has 2 aromatic rings. The number of carbonyl (C=O) groups is 5. The highest BCUT2D eigenvalue weighted by molar-refractivity contribution is 6.25. The zero-order valence-electron chi connectivity index (χ0n) is 22.3. The lowest BCUT2D eigenvalue weighted by molar-refractivity contribution is -0.123. The summed E-state index contributed by atoms with van der Waals surface area (Å²) in [5.74, 6) is -5.48. The van der Waals surface area contributed by atoms with E-state index in [9.17, 15) is 34.2 Å². The number of carboxylic acid groups (broad SMARTS) is 1. The molecule has 2 N–H and O–H groups in total. The van der Waals surface area contributed by atoms with Crippen LogP contribution in [0.3, 0.4) is 0 Å². The van der Waals surface area contributed by atoms with Crippen molar-refractivity contribution < 1.29 is 34.2 Å². The van der Waals surface area contributed by atoms with E-state index in [1.165, 1.54) is 30.3 Å². The van der Waals surface area contributed by atoms with Crippen molar-refractivity contribution in [2.75, 3.05) is 4.90 Å². The van der Waals surface area contributed by atoms with Crippen molar-refractivity contribution in [1.82, 2.24) is 0 Å². The summed E-state index contributed by atoms with van der Waals surface area (Å²) in [6.45, 7) is 5.34. The van der Waals surface area contributed by atoms with E-state index in [1.807, 2.05) is 6.08 Å². The van der Waals surface area contributed by atoms with Gasteiger partial charge in [-0.25, -0.2) is 4.79 Å². The minimum Gasteiger partial charge on any atom is -0.507 e. The minimum atomic E-state index is -1.18. The Morgan fingerprint density at radius 3 is 2.56 bits per heavy atom. The number of imide groups is 1. The first-order chi connectivity index (χ1) is 19.6. The topological polar surface area (TPSA) is 129 Å². The molecule has 0 radical (unpaired) electrons. The number of ketones is 2. The number of Topliss-reactive ketones (excluding diaryl/α,β-unsaturated/α-hetero) is 1. The molecule has 0 spiro atoms. The number of allylic oxidation sites excluding steroid dienone is 7. The molecule has 4 unspecified atom stereocenters. The van der Waals surface area contributed by atoms with Crippen LogP contribution in [-0.4, -0.2) is 39.6 Å². The maximum atomic E-state index is 14.0. The Morgan fingerprint density at radius 2 is 1.83 bits per heavy atom. The summed E-state index contributed by atoms with van der Waals surface area (Å²) in [5.41, 5.74) is 2.86.